The molecule has 0 amide bonds. The minimum atomic E-state index is -1.21. The van der Waals surface area contributed by atoms with Crippen LogP contribution in [0.15, 0.2) is 36.4 Å². The van der Waals surface area contributed by atoms with E-state index in [9.17, 15) is 15.0 Å². The van der Waals surface area contributed by atoms with Crippen molar-refractivity contribution in [1.29, 1.82) is 0 Å². The average molecular weight is 294 g/mol. The molecule has 1 rings (SSSR count). The summed E-state index contributed by atoms with van der Waals surface area (Å²) in [6, 6.07) is 6.73. The molecule has 2 N–H and O–H groups in total. The molecule has 1 aromatic carbocycles. The van der Waals surface area contributed by atoms with E-state index >= 15 is 0 Å². The third kappa shape index (κ3) is 5.57. The fraction of sp³-hybridized carbons (Fsp3) is 0.438. The molecule has 0 saturated carbocycles. The Balaban J connectivity index is 2.45. The van der Waals surface area contributed by atoms with Crippen molar-refractivity contribution in [2.75, 3.05) is 13.2 Å². The van der Waals surface area contributed by atoms with Crippen LogP contribution in [0.1, 0.15) is 32.4 Å². The van der Waals surface area contributed by atoms with Crippen LogP contribution in [-0.2, 0) is 9.53 Å². The molecule has 0 radical (unpaired) electrons. The highest BCUT2D eigenvalue weighted by Gasteiger charge is 2.25. The predicted octanol–water partition coefficient (Wildman–Crippen LogP) is 1.99. The third-order valence-corrected chi connectivity index (χ3v) is 2.80. The zero-order valence-electron chi connectivity index (χ0n) is 12.6. The molecule has 1 aromatic rings. The second kappa shape index (κ2) is 7.24. The lowest BCUT2D eigenvalue weighted by Crippen LogP contribution is -2.28. The molecule has 0 heterocycles. The lowest BCUT2D eigenvalue weighted by atomic mass is 9.95. The van der Waals surface area contributed by atoms with Crippen LogP contribution >= 0.6 is 0 Å². The molecule has 21 heavy (non-hydrogen) atoms. The standard InChI is InChI=1S/C16H22O5/c1-11(2)15(18)21-10-9-20-13-7-5-12(6-8-13)14(17)16(3,4)19/h5-8,14,17,19H,1,9-10H2,2-4H3. The first-order valence-electron chi connectivity index (χ1n) is 6.67. The molecule has 0 saturated heterocycles. The van der Waals surface area contributed by atoms with E-state index in [4.69, 9.17) is 9.47 Å². The van der Waals surface area contributed by atoms with E-state index in [0.29, 0.717) is 16.9 Å². The molecule has 0 aliphatic rings. The van der Waals surface area contributed by atoms with Crippen molar-refractivity contribution in [1.82, 2.24) is 0 Å². The lowest BCUT2D eigenvalue weighted by Gasteiger charge is -2.24. The molecule has 1 atom stereocenters. The number of hydrogen-bond donors (Lipinski definition) is 2. The van der Waals surface area contributed by atoms with E-state index in [1.54, 1.807) is 31.2 Å². The fourth-order valence-corrected chi connectivity index (χ4v) is 1.57. The largest absolute Gasteiger partial charge is 0.490 e. The number of esters is 1. The Labute approximate surface area is 124 Å². The number of rotatable bonds is 7. The van der Waals surface area contributed by atoms with E-state index in [1.807, 2.05) is 0 Å². The van der Waals surface area contributed by atoms with Crippen molar-refractivity contribution in [3.05, 3.63) is 42.0 Å². The van der Waals surface area contributed by atoms with Crippen LogP contribution < -0.4 is 4.74 Å². The minimum Gasteiger partial charge on any atom is -0.490 e. The molecule has 0 bridgehead atoms. The molecule has 5 nitrogen and oxygen atoms in total. The third-order valence-electron chi connectivity index (χ3n) is 2.80. The highest BCUT2D eigenvalue weighted by atomic mass is 16.6. The molecular weight excluding hydrogens is 272 g/mol. The summed E-state index contributed by atoms with van der Waals surface area (Å²) in [5, 5.41) is 19.7. The smallest absolute Gasteiger partial charge is 0.333 e. The number of hydrogen-bond acceptors (Lipinski definition) is 5. The summed E-state index contributed by atoms with van der Waals surface area (Å²) < 4.78 is 10.3. The summed E-state index contributed by atoms with van der Waals surface area (Å²) in [5.41, 5.74) is -0.262. The van der Waals surface area contributed by atoms with Crippen LogP contribution in [0.25, 0.3) is 0 Å². The number of ether oxygens (including phenoxy) is 2. The van der Waals surface area contributed by atoms with Gasteiger partial charge in [-0.15, -0.1) is 0 Å². The first-order valence-corrected chi connectivity index (χ1v) is 6.67. The van der Waals surface area contributed by atoms with Crippen LogP contribution in [0.3, 0.4) is 0 Å². The van der Waals surface area contributed by atoms with Gasteiger partial charge in [-0.1, -0.05) is 18.7 Å². The highest BCUT2D eigenvalue weighted by Crippen LogP contribution is 2.26. The topological polar surface area (TPSA) is 76.0 Å². The number of benzene rings is 1. The molecule has 0 spiro atoms. The molecule has 0 fully saturated rings. The monoisotopic (exact) mass is 294 g/mol. The first kappa shape index (κ1) is 17.2. The molecule has 5 heteroatoms. The van der Waals surface area contributed by atoms with Crippen molar-refractivity contribution in [2.24, 2.45) is 0 Å². The van der Waals surface area contributed by atoms with Gasteiger partial charge in [0.25, 0.3) is 0 Å². The number of aliphatic hydroxyl groups excluding tert-OH is 1. The molecule has 0 aliphatic carbocycles. The van der Waals surface area contributed by atoms with E-state index in [1.165, 1.54) is 13.8 Å². The lowest BCUT2D eigenvalue weighted by molar-refractivity contribution is -0.139. The second-order valence-corrected chi connectivity index (χ2v) is 5.39. The summed E-state index contributed by atoms with van der Waals surface area (Å²) in [4.78, 5) is 11.1. The van der Waals surface area contributed by atoms with Crippen LogP contribution in [0.2, 0.25) is 0 Å². The Bertz CT molecular complexity index is 484. The number of aliphatic hydroxyl groups is 2. The Morgan fingerprint density at radius 3 is 2.33 bits per heavy atom. The normalized spacial score (nSPS) is 12.6. The van der Waals surface area contributed by atoms with Gasteiger partial charge in [0.2, 0.25) is 0 Å². The van der Waals surface area contributed by atoms with Gasteiger partial charge < -0.3 is 19.7 Å². The molecule has 116 valence electrons. The van der Waals surface area contributed by atoms with E-state index in [-0.39, 0.29) is 13.2 Å². The van der Waals surface area contributed by atoms with Crippen LogP contribution in [0, 0.1) is 0 Å². The Morgan fingerprint density at radius 1 is 1.29 bits per heavy atom. The highest BCUT2D eigenvalue weighted by molar-refractivity contribution is 5.86. The number of carbonyl (C=O) groups is 1. The maximum absolute atomic E-state index is 11.1. The Hall–Kier alpha value is -1.85. The van der Waals surface area contributed by atoms with Gasteiger partial charge in [-0.2, -0.15) is 0 Å². The van der Waals surface area contributed by atoms with Crippen molar-refractivity contribution >= 4 is 5.97 Å². The van der Waals surface area contributed by atoms with Gasteiger partial charge in [-0.3, -0.25) is 0 Å². The molecule has 0 aromatic heterocycles. The summed E-state index contributed by atoms with van der Waals surface area (Å²) in [7, 11) is 0. The SMILES string of the molecule is C=C(C)C(=O)OCCOc1ccc(C(O)C(C)(C)O)cc1. The molecule has 1 unspecified atom stereocenters. The summed E-state index contributed by atoms with van der Waals surface area (Å²) >= 11 is 0. The quantitative estimate of drug-likeness (QED) is 0.457. The van der Waals surface area contributed by atoms with Gasteiger partial charge in [-0.25, -0.2) is 4.79 Å². The maximum Gasteiger partial charge on any atom is 0.333 e. The summed E-state index contributed by atoms with van der Waals surface area (Å²) in [6.45, 7) is 8.50. The Morgan fingerprint density at radius 2 is 1.86 bits per heavy atom. The van der Waals surface area contributed by atoms with E-state index in [0.717, 1.165) is 0 Å². The van der Waals surface area contributed by atoms with Crippen molar-refractivity contribution < 1.29 is 24.5 Å². The second-order valence-electron chi connectivity index (χ2n) is 5.39. The average Bonchev–Trinajstić information content (AvgIpc) is 2.42. The zero-order chi connectivity index (χ0) is 16.0. The maximum atomic E-state index is 11.1. The van der Waals surface area contributed by atoms with Gasteiger partial charge in [-0.05, 0) is 38.5 Å². The van der Waals surface area contributed by atoms with Gasteiger partial charge in [0.05, 0.1) is 5.60 Å². The predicted molar refractivity (Wildman–Crippen MR) is 79.0 cm³/mol. The van der Waals surface area contributed by atoms with Crippen molar-refractivity contribution in [2.45, 2.75) is 32.5 Å². The minimum absolute atomic E-state index is 0.139. The van der Waals surface area contributed by atoms with Gasteiger partial charge in [0.1, 0.15) is 25.1 Å². The van der Waals surface area contributed by atoms with Crippen molar-refractivity contribution in [3.8, 4) is 5.75 Å². The molecule has 0 aliphatic heterocycles. The zero-order valence-corrected chi connectivity index (χ0v) is 12.6. The summed E-state index contributed by atoms with van der Waals surface area (Å²) in [5.74, 6) is 0.148. The fourth-order valence-electron chi connectivity index (χ4n) is 1.57. The van der Waals surface area contributed by atoms with Gasteiger partial charge in [0.15, 0.2) is 0 Å². The van der Waals surface area contributed by atoms with Crippen LogP contribution in [0.5, 0.6) is 5.75 Å². The van der Waals surface area contributed by atoms with Crippen LogP contribution in [-0.4, -0.2) is 35.0 Å². The van der Waals surface area contributed by atoms with Gasteiger partial charge in [0, 0.05) is 5.57 Å². The summed E-state index contributed by atoms with van der Waals surface area (Å²) in [6.07, 6.45) is -0.969. The number of carbonyl (C=O) groups excluding carboxylic acids is 1. The van der Waals surface area contributed by atoms with Crippen molar-refractivity contribution in [3.63, 3.8) is 0 Å². The molecular formula is C16H22O5. The Kier molecular flexibility index (Phi) is 5.93. The van der Waals surface area contributed by atoms with E-state index < -0.39 is 17.7 Å². The van der Waals surface area contributed by atoms with E-state index in [2.05, 4.69) is 6.58 Å². The first-order chi connectivity index (χ1) is 9.71. The van der Waals surface area contributed by atoms with Gasteiger partial charge >= 0.3 is 5.97 Å². The van der Waals surface area contributed by atoms with Crippen LogP contribution in [0.4, 0.5) is 0 Å².